The minimum atomic E-state index is -1.32. The van der Waals surface area contributed by atoms with Gasteiger partial charge in [0.25, 0.3) is 0 Å². The highest BCUT2D eigenvalue weighted by Gasteiger charge is 2.10. The quantitative estimate of drug-likeness (QED) is 0.454. The fraction of sp³-hybridized carbons (Fsp3) is 1.00. The van der Waals surface area contributed by atoms with Crippen LogP contribution in [0.4, 0.5) is 0 Å². The first kappa shape index (κ1) is 13.1. The van der Waals surface area contributed by atoms with E-state index in [1.165, 1.54) is 6.42 Å². The van der Waals surface area contributed by atoms with Gasteiger partial charge in [0.2, 0.25) is 0 Å². The largest absolute Gasteiger partial charge is 0.397 e. The number of hydrogen-bond donors (Lipinski definition) is 1. The summed E-state index contributed by atoms with van der Waals surface area (Å²) in [5, 5.41) is 3.30. The molecule has 0 bridgehead atoms. The van der Waals surface area contributed by atoms with Crippen molar-refractivity contribution in [2.45, 2.75) is 33.2 Å². The minimum Gasteiger partial charge on any atom is -0.397 e. The molecule has 0 saturated heterocycles. The van der Waals surface area contributed by atoms with Crippen molar-refractivity contribution in [2.24, 2.45) is 0 Å². The first-order chi connectivity index (χ1) is 6.35. The highest BCUT2D eigenvalue weighted by Crippen LogP contribution is 2.00. The zero-order valence-corrected chi connectivity index (χ0v) is 10.3. The van der Waals surface area contributed by atoms with Gasteiger partial charge in [-0.3, -0.25) is 0 Å². The van der Waals surface area contributed by atoms with Gasteiger partial charge < -0.3 is 14.2 Å². The van der Waals surface area contributed by atoms with E-state index in [-0.39, 0.29) is 0 Å². The summed E-state index contributed by atoms with van der Waals surface area (Å²) in [6, 6.07) is 1.12. The number of nitrogens with one attached hydrogen (secondary N) is 1. The predicted octanol–water partition coefficient (Wildman–Crippen LogP) is 1.28. The second-order valence-corrected chi connectivity index (χ2v) is 4.94. The minimum absolute atomic E-state index is 0.790. The van der Waals surface area contributed by atoms with Gasteiger partial charge in [0.15, 0.2) is 0 Å². The van der Waals surface area contributed by atoms with Gasteiger partial charge >= 0.3 is 9.28 Å². The molecule has 3 nitrogen and oxygen atoms in total. The Balaban J connectivity index is 3.33. The molecule has 0 aliphatic heterocycles. The second kappa shape index (κ2) is 10.2. The zero-order chi connectivity index (χ0) is 9.94. The molecule has 4 heteroatoms. The summed E-state index contributed by atoms with van der Waals surface area (Å²) in [4.78, 5) is 0. The van der Waals surface area contributed by atoms with Gasteiger partial charge in [-0.05, 0) is 39.4 Å². The number of rotatable bonds is 9. The van der Waals surface area contributed by atoms with Crippen LogP contribution < -0.4 is 5.32 Å². The van der Waals surface area contributed by atoms with E-state index in [2.05, 4.69) is 12.2 Å². The van der Waals surface area contributed by atoms with Gasteiger partial charge in [-0.2, -0.15) is 0 Å². The molecule has 0 fully saturated rings. The van der Waals surface area contributed by atoms with Gasteiger partial charge in [-0.25, -0.2) is 0 Å². The Morgan fingerprint density at radius 2 is 1.69 bits per heavy atom. The van der Waals surface area contributed by atoms with Crippen molar-refractivity contribution in [2.75, 3.05) is 26.3 Å². The average Bonchev–Trinajstić information content (AvgIpc) is 2.13. The maximum atomic E-state index is 5.55. The molecular weight excluding hydrogens is 182 g/mol. The third-order valence-electron chi connectivity index (χ3n) is 1.75. The Morgan fingerprint density at radius 1 is 1.08 bits per heavy atom. The molecule has 0 heterocycles. The lowest BCUT2D eigenvalue weighted by atomic mass is 10.5. The molecule has 0 rings (SSSR count). The Labute approximate surface area is 83.7 Å². The van der Waals surface area contributed by atoms with Crippen LogP contribution in [0.3, 0.4) is 0 Å². The first-order valence-corrected chi connectivity index (χ1v) is 7.04. The summed E-state index contributed by atoms with van der Waals surface area (Å²) in [6.07, 6.45) is 1.17. The molecule has 13 heavy (non-hydrogen) atoms. The van der Waals surface area contributed by atoms with E-state index in [1.54, 1.807) is 0 Å². The summed E-state index contributed by atoms with van der Waals surface area (Å²) in [5.74, 6) is 0. The summed E-state index contributed by atoms with van der Waals surface area (Å²) in [7, 11) is -1.32. The molecule has 0 radical (unpaired) electrons. The van der Waals surface area contributed by atoms with E-state index in [0.717, 1.165) is 32.3 Å². The van der Waals surface area contributed by atoms with E-state index in [9.17, 15) is 0 Å². The van der Waals surface area contributed by atoms with E-state index in [4.69, 9.17) is 8.85 Å². The van der Waals surface area contributed by atoms with Crippen LogP contribution in [-0.2, 0) is 8.85 Å². The molecule has 0 aliphatic rings. The summed E-state index contributed by atoms with van der Waals surface area (Å²) < 4.78 is 11.1. The van der Waals surface area contributed by atoms with Gasteiger partial charge in [-0.15, -0.1) is 0 Å². The summed E-state index contributed by atoms with van der Waals surface area (Å²) in [5.41, 5.74) is 0. The van der Waals surface area contributed by atoms with Crippen LogP contribution in [0.15, 0.2) is 0 Å². The molecule has 0 aromatic rings. The van der Waals surface area contributed by atoms with Crippen LogP contribution in [0.1, 0.15) is 27.2 Å². The standard InChI is InChI=1S/C9H23NO2Si/c1-4-10-8-7-9-13(11-5-2)12-6-3/h10,13H,4-9H2,1-3H3. The molecule has 0 amide bonds. The second-order valence-electron chi connectivity index (χ2n) is 2.84. The van der Waals surface area contributed by atoms with E-state index < -0.39 is 9.28 Å². The summed E-state index contributed by atoms with van der Waals surface area (Å²) in [6.45, 7) is 9.90. The fourth-order valence-electron chi connectivity index (χ4n) is 1.16. The molecule has 0 aromatic heterocycles. The number of hydrogen-bond acceptors (Lipinski definition) is 3. The van der Waals surface area contributed by atoms with Crippen LogP contribution in [0, 0.1) is 0 Å². The fourth-order valence-corrected chi connectivity index (χ4v) is 2.87. The molecule has 0 aromatic carbocycles. The maximum Gasteiger partial charge on any atom is 0.321 e. The van der Waals surface area contributed by atoms with Gasteiger partial charge in [-0.1, -0.05) is 6.92 Å². The van der Waals surface area contributed by atoms with Gasteiger partial charge in [0.1, 0.15) is 0 Å². The molecule has 1 N–H and O–H groups in total. The zero-order valence-electron chi connectivity index (χ0n) is 9.14. The molecule has 0 aliphatic carbocycles. The normalized spacial score (nSPS) is 11.1. The smallest absolute Gasteiger partial charge is 0.321 e. The molecule has 0 spiro atoms. The predicted molar refractivity (Wildman–Crippen MR) is 58.4 cm³/mol. The van der Waals surface area contributed by atoms with E-state index >= 15 is 0 Å². The average molecular weight is 205 g/mol. The van der Waals surface area contributed by atoms with Crippen LogP contribution >= 0.6 is 0 Å². The lowest BCUT2D eigenvalue weighted by Gasteiger charge is -2.14. The highest BCUT2D eigenvalue weighted by atomic mass is 28.3. The van der Waals surface area contributed by atoms with Crippen LogP contribution in [0.5, 0.6) is 0 Å². The monoisotopic (exact) mass is 205 g/mol. The van der Waals surface area contributed by atoms with Crippen molar-refractivity contribution < 1.29 is 8.85 Å². The van der Waals surface area contributed by atoms with Crippen LogP contribution in [-0.4, -0.2) is 35.6 Å². The van der Waals surface area contributed by atoms with Crippen molar-refractivity contribution in [1.82, 2.24) is 5.32 Å². The third-order valence-corrected chi connectivity index (χ3v) is 4.04. The Hall–Kier alpha value is 0.0969. The van der Waals surface area contributed by atoms with E-state index in [1.807, 2.05) is 13.8 Å². The molecule has 80 valence electrons. The third kappa shape index (κ3) is 8.43. The van der Waals surface area contributed by atoms with Gasteiger partial charge in [0.05, 0.1) is 0 Å². The molecule has 0 saturated carbocycles. The lowest BCUT2D eigenvalue weighted by Crippen LogP contribution is -2.24. The maximum absolute atomic E-state index is 5.55. The molecule has 0 unspecified atom stereocenters. The van der Waals surface area contributed by atoms with Crippen molar-refractivity contribution >= 4 is 9.28 Å². The van der Waals surface area contributed by atoms with Crippen LogP contribution in [0.25, 0.3) is 0 Å². The topological polar surface area (TPSA) is 30.5 Å². The van der Waals surface area contributed by atoms with Crippen LogP contribution in [0.2, 0.25) is 6.04 Å². The highest BCUT2D eigenvalue weighted by molar-refractivity contribution is 6.44. The SMILES string of the molecule is CCNCCC[SiH](OCC)OCC. The molecular formula is C9H23NO2Si. The van der Waals surface area contributed by atoms with E-state index in [0.29, 0.717) is 0 Å². The summed E-state index contributed by atoms with van der Waals surface area (Å²) >= 11 is 0. The Bertz CT molecular complexity index is 97.6. The van der Waals surface area contributed by atoms with Gasteiger partial charge in [0, 0.05) is 13.2 Å². The Morgan fingerprint density at radius 3 is 2.15 bits per heavy atom. The molecule has 0 atom stereocenters. The first-order valence-electron chi connectivity index (χ1n) is 5.29. The van der Waals surface area contributed by atoms with Crippen molar-refractivity contribution in [3.05, 3.63) is 0 Å². The van der Waals surface area contributed by atoms with Crippen molar-refractivity contribution in [1.29, 1.82) is 0 Å². The lowest BCUT2D eigenvalue weighted by molar-refractivity contribution is 0.213. The Kier molecular flexibility index (Phi) is 10.3. The van der Waals surface area contributed by atoms with Crippen molar-refractivity contribution in [3.8, 4) is 0 Å². The van der Waals surface area contributed by atoms with Crippen molar-refractivity contribution in [3.63, 3.8) is 0 Å².